The molecule has 0 fully saturated rings. The Morgan fingerprint density at radius 1 is 1.40 bits per heavy atom. The molecule has 0 aliphatic carbocycles. The van der Waals surface area contributed by atoms with Crippen LogP contribution in [0.2, 0.25) is 0 Å². The van der Waals surface area contributed by atoms with Crippen molar-refractivity contribution >= 4 is 10.0 Å². The van der Waals surface area contributed by atoms with Gasteiger partial charge in [0.15, 0.2) is 0 Å². The van der Waals surface area contributed by atoms with Gasteiger partial charge >= 0.3 is 0 Å². The minimum absolute atomic E-state index is 0.110. The van der Waals surface area contributed by atoms with Gasteiger partial charge in [0, 0.05) is 18.9 Å². The molecular formula is C11H16N6O2S. The molecule has 0 aliphatic heterocycles. The number of hydrogen-bond acceptors (Lipinski definition) is 6. The van der Waals surface area contributed by atoms with Crippen LogP contribution in [-0.4, -0.2) is 34.7 Å². The summed E-state index contributed by atoms with van der Waals surface area (Å²) in [5.74, 6) is 0. The highest BCUT2D eigenvalue weighted by Crippen LogP contribution is 2.08. The topological polar surface area (TPSA) is 116 Å². The molecule has 8 nitrogen and oxygen atoms in total. The van der Waals surface area contributed by atoms with Gasteiger partial charge in [0.1, 0.15) is 11.2 Å². The molecule has 2 heterocycles. The number of rotatable bonds is 7. The molecule has 0 amide bonds. The van der Waals surface area contributed by atoms with Crippen molar-refractivity contribution in [3.63, 3.8) is 0 Å². The highest BCUT2D eigenvalue weighted by Gasteiger charge is 2.16. The van der Waals surface area contributed by atoms with Gasteiger partial charge in [0.05, 0.1) is 18.4 Å². The van der Waals surface area contributed by atoms with Crippen molar-refractivity contribution in [2.75, 3.05) is 6.54 Å². The van der Waals surface area contributed by atoms with E-state index in [4.69, 9.17) is 5.73 Å². The van der Waals surface area contributed by atoms with Gasteiger partial charge in [-0.25, -0.2) is 23.1 Å². The van der Waals surface area contributed by atoms with Gasteiger partial charge in [-0.05, 0) is 19.0 Å². The van der Waals surface area contributed by atoms with Gasteiger partial charge in [-0.2, -0.15) is 5.10 Å². The van der Waals surface area contributed by atoms with Crippen molar-refractivity contribution in [1.29, 1.82) is 0 Å². The average Bonchev–Trinajstić information content (AvgIpc) is 2.94. The van der Waals surface area contributed by atoms with Gasteiger partial charge in [0.25, 0.3) is 0 Å². The molecule has 2 aromatic rings. The molecule has 0 aromatic carbocycles. The van der Waals surface area contributed by atoms with Crippen LogP contribution in [0.15, 0.2) is 35.9 Å². The zero-order valence-corrected chi connectivity index (χ0v) is 11.6. The summed E-state index contributed by atoms with van der Waals surface area (Å²) >= 11 is 0. The van der Waals surface area contributed by atoms with Gasteiger partial charge in [-0.15, -0.1) is 0 Å². The van der Waals surface area contributed by atoms with Gasteiger partial charge < -0.3 is 5.73 Å². The highest BCUT2D eigenvalue weighted by atomic mass is 32.2. The summed E-state index contributed by atoms with van der Waals surface area (Å²) in [4.78, 5) is 7.84. The van der Waals surface area contributed by atoms with E-state index in [0.29, 0.717) is 18.8 Å². The Kier molecular flexibility index (Phi) is 4.77. The van der Waals surface area contributed by atoms with Crippen molar-refractivity contribution in [3.8, 4) is 0 Å². The van der Waals surface area contributed by atoms with Gasteiger partial charge in [-0.3, -0.25) is 4.68 Å². The molecule has 9 heteroatoms. The zero-order valence-electron chi connectivity index (χ0n) is 10.8. The SMILES string of the molecule is NCCCn1cc(S(=O)(=O)NCc2ccncn2)cn1. The maximum atomic E-state index is 12.1. The van der Waals surface area contributed by atoms with Crippen molar-refractivity contribution in [2.24, 2.45) is 5.73 Å². The Hall–Kier alpha value is -1.84. The third-order valence-electron chi connectivity index (χ3n) is 2.60. The second-order valence-corrected chi connectivity index (χ2v) is 5.87. The third-order valence-corrected chi connectivity index (χ3v) is 3.95. The van der Waals surface area contributed by atoms with Crippen LogP contribution in [0.3, 0.4) is 0 Å². The van der Waals surface area contributed by atoms with Crippen molar-refractivity contribution in [1.82, 2.24) is 24.5 Å². The summed E-state index contributed by atoms with van der Waals surface area (Å²) in [6, 6.07) is 1.65. The van der Waals surface area contributed by atoms with E-state index in [0.717, 1.165) is 6.42 Å². The number of nitrogens with one attached hydrogen (secondary N) is 1. The van der Waals surface area contributed by atoms with E-state index >= 15 is 0 Å². The maximum absolute atomic E-state index is 12.1. The molecule has 2 aromatic heterocycles. The standard InChI is InChI=1S/C11H16N6O2S/c12-3-1-5-17-8-11(7-15-17)20(18,19)16-6-10-2-4-13-9-14-10/h2,4,7-9,16H,1,3,5-6,12H2. The molecular weight excluding hydrogens is 280 g/mol. The fourth-order valence-electron chi connectivity index (χ4n) is 1.53. The molecule has 2 rings (SSSR count). The number of aryl methyl sites for hydroxylation is 1. The number of aromatic nitrogens is 4. The Labute approximate surface area is 117 Å². The minimum Gasteiger partial charge on any atom is -0.330 e. The first kappa shape index (κ1) is 14.6. The van der Waals surface area contributed by atoms with E-state index in [1.54, 1.807) is 16.9 Å². The largest absolute Gasteiger partial charge is 0.330 e. The van der Waals surface area contributed by atoms with Crippen LogP contribution < -0.4 is 10.5 Å². The number of nitrogens with zero attached hydrogens (tertiary/aromatic N) is 4. The summed E-state index contributed by atoms with van der Waals surface area (Å²) in [6.45, 7) is 1.24. The van der Waals surface area contributed by atoms with E-state index in [1.807, 2.05) is 0 Å². The summed E-state index contributed by atoms with van der Waals surface area (Å²) in [5, 5.41) is 3.99. The van der Waals surface area contributed by atoms with E-state index in [-0.39, 0.29) is 11.4 Å². The lowest BCUT2D eigenvalue weighted by Gasteiger charge is -2.03. The first-order valence-electron chi connectivity index (χ1n) is 6.09. The van der Waals surface area contributed by atoms with Crippen LogP contribution in [0, 0.1) is 0 Å². The Bertz CT molecular complexity index is 640. The van der Waals surface area contributed by atoms with Gasteiger partial charge in [-0.1, -0.05) is 0 Å². The lowest BCUT2D eigenvalue weighted by molar-refractivity contribution is 0.575. The lowest BCUT2D eigenvalue weighted by Crippen LogP contribution is -2.23. The zero-order chi connectivity index (χ0) is 14.4. The fraction of sp³-hybridized carbons (Fsp3) is 0.364. The summed E-state index contributed by atoms with van der Waals surface area (Å²) < 4.78 is 28.1. The number of hydrogen-bond donors (Lipinski definition) is 2. The molecule has 0 unspecified atom stereocenters. The quantitative estimate of drug-likeness (QED) is 0.711. The van der Waals surface area contributed by atoms with Crippen LogP contribution >= 0.6 is 0 Å². The molecule has 0 radical (unpaired) electrons. The molecule has 3 N–H and O–H groups in total. The Morgan fingerprint density at radius 3 is 2.95 bits per heavy atom. The average molecular weight is 296 g/mol. The second kappa shape index (κ2) is 6.55. The molecule has 0 saturated heterocycles. The monoisotopic (exact) mass is 296 g/mol. The van der Waals surface area contributed by atoms with Crippen molar-refractivity contribution < 1.29 is 8.42 Å². The molecule has 0 atom stereocenters. The Morgan fingerprint density at radius 2 is 2.25 bits per heavy atom. The molecule has 0 saturated carbocycles. The molecule has 0 bridgehead atoms. The smallest absolute Gasteiger partial charge is 0.244 e. The first-order chi connectivity index (χ1) is 9.62. The summed E-state index contributed by atoms with van der Waals surface area (Å²) in [5.41, 5.74) is 5.99. The molecule has 108 valence electrons. The van der Waals surface area contributed by atoms with Gasteiger partial charge in [0.2, 0.25) is 10.0 Å². The predicted molar refractivity (Wildman–Crippen MR) is 72.0 cm³/mol. The summed E-state index contributed by atoms with van der Waals surface area (Å²) in [6.07, 6.45) is 6.47. The van der Waals surface area contributed by atoms with Crippen LogP contribution in [0.1, 0.15) is 12.1 Å². The predicted octanol–water partition coefficient (Wildman–Crippen LogP) is -0.500. The summed E-state index contributed by atoms with van der Waals surface area (Å²) in [7, 11) is -3.59. The van der Waals surface area contributed by atoms with Crippen molar-refractivity contribution in [3.05, 3.63) is 36.7 Å². The van der Waals surface area contributed by atoms with Crippen LogP contribution in [0.5, 0.6) is 0 Å². The highest BCUT2D eigenvalue weighted by molar-refractivity contribution is 7.89. The minimum atomic E-state index is -3.59. The van der Waals surface area contributed by atoms with E-state index in [9.17, 15) is 8.42 Å². The molecule has 0 aliphatic rings. The first-order valence-corrected chi connectivity index (χ1v) is 7.57. The molecule has 0 spiro atoms. The third kappa shape index (κ3) is 3.83. The van der Waals surface area contributed by atoms with E-state index in [2.05, 4.69) is 19.8 Å². The lowest BCUT2D eigenvalue weighted by atomic mass is 10.4. The van der Waals surface area contributed by atoms with Crippen molar-refractivity contribution in [2.45, 2.75) is 24.4 Å². The van der Waals surface area contributed by atoms with E-state index in [1.165, 1.54) is 18.7 Å². The van der Waals surface area contributed by atoms with E-state index < -0.39 is 10.0 Å². The normalized spacial score (nSPS) is 11.7. The number of sulfonamides is 1. The maximum Gasteiger partial charge on any atom is 0.244 e. The van der Waals surface area contributed by atoms with Crippen LogP contribution in [-0.2, 0) is 23.1 Å². The number of nitrogens with two attached hydrogens (primary N) is 1. The van der Waals surface area contributed by atoms with Crippen LogP contribution in [0.25, 0.3) is 0 Å². The second-order valence-electron chi connectivity index (χ2n) is 4.11. The molecule has 20 heavy (non-hydrogen) atoms. The van der Waals surface area contributed by atoms with Crippen LogP contribution in [0.4, 0.5) is 0 Å². The fourth-order valence-corrected chi connectivity index (χ4v) is 2.48. The Balaban J connectivity index is 2.01.